The highest BCUT2D eigenvalue weighted by Gasteiger charge is 2.29. The first-order valence-electron chi connectivity index (χ1n) is 5.88. The van der Waals surface area contributed by atoms with E-state index in [4.69, 9.17) is 0 Å². The molecule has 0 aromatic carbocycles. The Labute approximate surface area is 113 Å². The number of aryl methyl sites for hydroxylation is 1. The van der Waals surface area contributed by atoms with Gasteiger partial charge in [-0.15, -0.1) is 0 Å². The Bertz CT molecular complexity index is 644. The van der Waals surface area contributed by atoms with Crippen LogP contribution >= 0.6 is 15.9 Å². The van der Waals surface area contributed by atoms with E-state index in [1.165, 1.54) is 0 Å². The normalized spacial score (nSPS) is 14.8. The van der Waals surface area contributed by atoms with E-state index in [1.54, 1.807) is 6.20 Å². The molecule has 4 nitrogen and oxygen atoms in total. The summed E-state index contributed by atoms with van der Waals surface area (Å²) in [7, 11) is 0. The largest absolute Gasteiger partial charge is 0.304 e. The first-order chi connectivity index (χ1) is 8.65. The molecule has 0 radical (unpaired) electrons. The molecule has 0 spiro atoms. The van der Waals surface area contributed by atoms with Crippen LogP contribution in [0.25, 0.3) is 11.5 Å². The number of aromatic nitrogens is 3. The summed E-state index contributed by atoms with van der Waals surface area (Å²) in [5.74, 6) is 0.968. The molecule has 2 aromatic heterocycles. The zero-order valence-electron chi connectivity index (χ0n) is 9.90. The molecule has 0 saturated heterocycles. The topological polar surface area (TPSA) is 58.6 Å². The van der Waals surface area contributed by atoms with Gasteiger partial charge in [0, 0.05) is 12.1 Å². The van der Waals surface area contributed by atoms with E-state index in [0.717, 1.165) is 24.1 Å². The molecule has 92 valence electrons. The summed E-state index contributed by atoms with van der Waals surface area (Å²) in [6.07, 6.45) is 3.99. The van der Waals surface area contributed by atoms with Gasteiger partial charge in [0.2, 0.25) is 0 Å². The number of nitrogens with one attached hydrogen (secondary N) is 1. The van der Waals surface area contributed by atoms with Crippen molar-refractivity contribution in [1.82, 2.24) is 15.0 Å². The molecular weight excluding hydrogens is 294 g/mol. The number of halogens is 1. The van der Waals surface area contributed by atoms with Crippen molar-refractivity contribution < 1.29 is 0 Å². The molecule has 1 aliphatic rings. The van der Waals surface area contributed by atoms with Gasteiger partial charge in [0.25, 0.3) is 5.56 Å². The van der Waals surface area contributed by atoms with Crippen LogP contribution in [0, 0.1) is 6.92 Å². The summed E-state index contributed by atoms with van der Waals surface area (Å²) in [6.45, 7) is 1.98. The van der Waals surface area contributed by atoms with Gasteiger partial charge in [-0.3, -0.25) is 9.78 Å². The molecule has 3 rings (SSSR count). The average Bonchev–Trinajstić information content (AvgIpc) is 3.18. The van der Waals surface area contributed by atoms with E-state index in [1.807, 2.05) is 19.1 Å². The van der Waals surface area contributed by atoms with Gasteiger partial charge in [-0.1, -0.05) is 6.07 Å². The van der Waals surface area contributed by atoms with Crippen LogP contribution in [0.2, 0.25) is 0 Å². The maximum Gasteiger partial charge on any atom is 0.265 e. The molecule has 0 unspecified atom stereocenters. The summed E-state index contributed by atoms with van der Waals surface area (Å²) in [5, 5.41) is 0. The van der Waals surface area contributed by atoms with Crippen LogP contribution < -0.4 is 5.56 Å². The Morgan fingerprint density at radius 3 is 2.78 bits per heavy atom. The maximum absolute atomic E-state index is 11.9. The molecule has 5 heteroatoms. The van der Waals surface area contributed by atoms with Crippen LogP contribution in [0.4, 0.5) is 0 Å². The molecule has 0 bridgehead atoms. The summed E-state index contributed by atoms with van der Waals surface area (Å²) in [5.41, 5.74) is 2.51. The second kappa shape index (κ2) is 4.31. The van der Waals surface area contributed by atoms with Gasteiger partial charge >= 0.3 is 0 Å². The van der Waals surface area contributed by atoms with Gasteiger partial charge in [0.15, 0.2) is 5.82 Å². The summed E-state index contributed by atoms with van der Waals surface area (Å²) >= 11 is 3.31. The molecule has 1 N–H and O–H groups in total. The van der Waals surface area contributed by atoms with Gasteiger partial charge < -0.3 is 4.98 Å². The highest BCUT2D eigenvalue weighted by Crippen LogP contribution is 2.41. The van der Waals surface area contributed by atoms with Crippen molar-refractivity contribution in [3.8, 4) is 11.5 Å². The van der Waals surface area contributed by atoms with Crippen molar-refractivity contribution in [2.75, 3.05) is 0 Å². The minimum Gasteiger partial charge on any atom is -0.304 e. The third-order valence-corrected chi connectivity index (χ3v) is 3.77. The lowest BCUT2D eigenvalue weighted by Gasteiger charge is -2.05. The fourth-order valence-corrected chi connectivity index (χ4v) is 2.34. The van der Waals surface area contributed by atoms with E-state index in [0.29, 0.717) is 21.9 Å². The Morgan fingerprint density at radius 1 is 1.39 bits per heavy atom. The standard InChI is InChI=1S/C13H12BrN3O/c1-7-2-5-9(15-6-7)12-16-11(8-3-4-8)10(14)13(18)17-12/h2,5-6,8H,3-4H2,1H3,(H,16,17,18). The lowest BCUT2D eigenvalue weighted by atomic mass is 10.2. The van der Waals surface area contributed by atoms with Crippen molar-refractivity contribution in [3.63, 3.8) is 0 Å². The first kappa shape index (κ1) is 11.6. The molecule has 0 atom stereocenters. The third-order valence-electron chi connectivity index (χ3n) is 3.01. The van der Waals surface area contributed by atoms with E-state index in [-0.39, 0.29) is 5.56 Å². The Morgan fingerprint density at radius 2 is 2.17 bits per heavy atom. The SMILES string of the molecule is Cc1ccc(-c2nc(C3CC3)c(Br)c(=O)[nH]2)nc1. The molecule has 0 aliphatic heterocycles. The van der Waals surface area contributed by atoms with Crippen molar-refractivity contribution in [2.24, 2.45) is 0 Å². The predicted octanol–water partition coefficient (Wildman–Crippen LogP) is 2.78. The Balaban J connectivity index is 2.12. The molecule has 2 aromatic rings. The minimum absolute atomic E-state index is 0.135. The number of hydrogen-bond donors (Lipinski definition) is 1. The van der Waals surface area contributed by atoms with Crippen LogP contribution in [0.15, 0.2) is 27.6 Å². The number of aromatic amines is 1. The van der Waals surface area contributed by atoms with Crippen molar-refractivity contribution >= 4 is 15.9 Å². The van der Waals surface area contributed by atoms with Crippen LogP contribution in [0.5, 0.6) is 0 Å². The molecule has 0 amide bonds. The molecule has 2 heterocycles. The van der Waals surface area contributed by atoms with E-state index < -0.39 is 0 Å². The number of nitrogens with zero attached hydrogens (tertiary/aromatic N) is 2. The second-order valence-electron chi connectivity index (χ2n) is 4.61. The van der Waals surface area contributed by atoms with Crippen molar-refractivity contribution in [3.05, 3.63) is 44.4 Å². The Hall–Kier alpha value is -1.49. The maximum atomic E-state index is 11.9. The molecule has 1 aliphatic carbocycles. The second-order valence-corrected chi connectivity index (χ2v) is 5.40. The minimum atomic E-state index is -0.135. The lowest BCUT2D eigenvalue weighted by Crippen LogP contribution is -2.13. The monoisotopic (exact) mass is 305 g/mol. The van der Waals surface area contributed by atoms with Crippen molar-refractivity contribution in [1.29, 1.82) is 0 Å². The van der Waals surface area contributed by atoms with Gasteiger partial charge in [-0.05, 0) is 47.3 Å². The number of rotatable bonds is 2. The highest BCUT2D eigenvalue weighted by atomic mass is 79.9. The summed E-state index contributed by atoms with van der Waals surface area (Å²) in [4.78, 5) is 23.4. The van der Waals surface area contributed by atoms with Gasteiger partial charge in [-0.2, -0.15) is 0 Å². The van der Waals surface area contributed by atoms with Gasteiger partial charge in [0.05, 0.1) is 5.69 Å². The summed E-state index contributed by atoms with van der Waals surface area (Å²) in [6, 6.07) is 3.83. The van der Waals surface area contributed by atoms with Gasteiger partial charge in [-0.25, -0.2) is 4.98 Å². The average molecular weight is 306 g/mol. The first-order valence-corrected chi connectivity index (χ1v) is 6.67. The molecule has 18 heavy (non-hydrogen) atoms. The molecule has 1 saturated carbocycles. The zero-order valence-corrected chi connectivity index (χ0v) is 11.5. The highest BCUT2D eigenvalue weighted by molar-refractivity contribution is 9.10. The van der Waals surface area contributed by atoms with Crippen LogP contribution in [-0.2, 0) is 0 Å². The fraction of sp³-hybridized carbons (Fsp3) is 0.308. The smallest absolute Gasteiger partial charge is 0.265 e. The van der Waals surface area contributed by atoms with Crippen LogP contribution in [0.1, 0.15) is 30.0 Å². The van der Waals surface area contributed by atoms with E-state index >= 15 is 0 Å². The number of hydrogen-bond acceptors (Lipinski definition) is 3. The van der Waals surface area contributed by atoms with Crippen LogP contribution in [-0.4, -0.2) is 15.0 Å². The van der Waals surface area contributed by atoms with E-state index in [2.05, 4.69) is 30.9 Å². The quantitative estimate of drug-likeness (QED) is 0.928. The third kappa shape index (κ3) is 2.10. The van der Waals surface area contributed by atoms with Crippen molar-refractivity contribution in [2.45, 2.75) is 25.7 Å². The van der Waals surface area contributed by atoms with E-state index in [9.17, 15) is 4.79 Å². The number of pyridine rings is 1. The summed E-state index contributed by atoms with van der Waals surface area (Å²) < 4.78 is 0.556. The molecule has 1 fully saturated rings. The molecular formula is C13H12BrN3O. The predicted molar refractivity (Wildman–Crippen MR) is 72.5 cm³/mol. The Kier molecular flexibility index (Phi) is 2.78. The van der Waals surface area contributed by atoms with Crippen LogP contribution in [0.3, 0.4) is 0 Å². The van der Waals surface area contributed by atoms with Gasteiger partial charge in [0.1, 0.15) is 10.2 Å². The fourth-order valence-electron chi connectivity index (χ4n) is 1.83. The zero-order chi connectivity index (χ0) is 12.7. The number of H-pyrrole nitrogens is 1. The lowest BCUT2D eigenvalue weighted by molar-refractivity contribution is 0.953.